The number of nitrogens with two attached hydrogens (primary N) is 1. The first kappa shape index (κ1) is 13.6. The molecule has 1 aliphatic carbocycles. The number of carbonyl (C=O) groups excluding carboxylic acids is 1. The molecular formula is C16H23N3O. The number of fused-ring (bicyclic) bond motifs is 1. The van der Waals surface area contributed by atoms with Crippen LogP contribution in [0, 0.1) is 11.8 Å². The number of carbonyl (C=O) groups is 1. The van der Waals surface area contributed by atoms with Crippen LogP contribution < -0.4 is 5.73 Å². The monoisotopic (exact) mass is 273 g/mol. The van der Waals surface area contributed by atoms with Crippen molar-refractivity contribution in [3.8, 4) is 0 Å². The van der Waals surface area contributed by atoms with Gasteiger partial charge >= 0.3 is 0 Å². The number of pyridine rings is 1. The molecule has 0 saturated heterocycles. The molecule has 3 rings (SSSR count). The van der Waals surface area contributed by atoms with Crippen LogP contribution in [0.5, 0.6) is 0 Å². The number of amides is 1. The molecule has 2 N–H and O–H groups in total. The number of hydrogen-bond donors (Lipinski definition) is 1. The Morgan fingerprint density at radius 2 is 2.25 bits per heavy atom. The van der Waals surface area contributed by atoms with Crippen LogP contribution in [0.15, 0.2) is 18.3 Å². The van der Waals surface area contributed by atoms with Crippen molar-refractivity contribution in [3.63, 3.8) is 0 Å². The van der Waals surface area contributed by atoms with Gasteiger partial charge in [-0.1, -0.05) is 18.9 Å². The molecule has 108 valence electrons. The van der Waals surface area contributed by atoms with Crippen molar-refractivity contribution in [1.29, 1.82) is 0 Å². The maximum absolute atomic E-state index is 12.8. The predicted molar refractivity (Wildman–Crippen MR) is 77.9 cm³/mol. The van der Waals surface area contributed by atoms with Gasteiger partial charge in [0.25, 0.3) is 0 Å². The molecule has 1 fully saturated rings. The zero-order valence-corrected chi connectivity index (χ0v) is 11.9. The largest absolute Gasteiger partial charge is 0.338 e. The Hall–Kier alpha value is -1.42. The van der Waals surface area contributed by atoms with E-state index in [0.717, 1.165) is 38.0 Å². The zero-order valence-electron chi connectivity index (χ0n) is 11.9. The van der Waals surface area contributed by atoms with Gasteiger partial charge in [0.1, 0.15) is 0 Å². The van der Waals surface area contributed by atoms with E-state index in [0.29, 0.717) is 18.4 Å². The van der Waals surface area contributed by atoms with Crippen LogP contribution in [0.1, 0.15) is 36.9 Å². The van der Waals surface area contributed by atoms with Crippen molar-refractivity contribution >= 4 is 5.91 Å². The smallest absolute Gasteiger partial charge is 0.226 e. The van der Waals surface area contributed by atoms with Crippen LogP contribution in [0.25, 0.3) is 0 Å². The van der Waals surface area contributed by atoms with Gasteiger partial charge in [0.05, 0.1) is 0 Å². The van der Waals surface area contributed by atoms with Crippen molar-refractivity contribution in [2.24, 2.45) is 17.6 Å². The van der Waals surface area contributed by atoms with Crippen LogP contribution in [0.2, 0.25) is 0 Å². The highest BCUT2D eigenvalue weighted by atomic mass is 16.2. The quantitative estimate of drug-likeness (QED) is 0.892. The minimum atomic E-state index is 0.145. The summed E-state index contributed by atoms with van der Waals surface area (Å²) in [5.74, 6) is 0.841. The molecule has 0 bridgehead atoms. The molecule has 1 amide bonds. The molecule has 1 aromatic rings. The highest BCUT2D eigenvalue weighted by molar-refractivity contribution is 5.79. The number of rotatable bonds is 2. The maximum Gasteiger partial charge on any atom is 0.226 e. The first-order valence-electron chi connectivity index (χ1n) is 7.71. The van der Waals surface area contributed by atoms with E-state index >= 15 is 0 Å². The normalized spacial score (nSPS) is 26.1. The molecular weight excluding hydrogens is 250 g/mol. The Morgan fingerprint density at radius 3 is 3.10 bits per heavy atom. The van der Waals surface area contributed by atoms with Crippen LogP contribution in [0.4, 0.5) is 0 Å². The lowest BCUT2D eigenvalue weighted by Gasteiger charge is -2.36. The van der Waals surface area contributed by atoms with E-state index in [9.17, 15) is 4.79 Å². The minimum absolute atomic E-state index is 0.145. The summed E-state index contributed by atoms with van der Waals surface area (Å²) in [6.45, 7) is 2.16. The van der Waals surface area contributed by atoms with Gasteiger partial charge in [-0.15, -0.1) is 0 Å². The molecule has 2 atom stereocenters. The molecule has 1 aliphatic heterocycles. The van der Waals surface area contributed by atoms with Gasteiger partial charge in [-0.3, -0.25) is 9.78 Å². The van der Waals surface area contributed by atoms with Crippen molar-refractivity contribution in [2.75, 3.05) is 13.1 Å². The Balaban J connectivity index is 1.72. The summed E-state index contributed by atoms with van der Waals surface area (Å²) in [5.41, 5.74) is 8.21. The maximum atomic E-state index is 12.8. The van der Waals surface area contributed by atoms with Crippen LogP contribution in [-0.2, 0) is 17.8 Å². The van der Waals surface area contributed by atoms with Gasteiger partial charge in [0, 0.05) is 37.3 Å². The Labute approximate surface area is 120 Å². The lowest BCUT2D eigenvalue weighted by Crippen LogP contribution is -2.44. The van der Waals surface area contributed by atoms with E-state index in [1.165, 1.54) is 18.4 Å². The van der Waals surface area contributed by atoms with Crippen LogP contribution in [0.3, 0.4) is 0 Å². The fourth-order valence-corrected chi connectivity index (χ4v) is 3.60. The Bertz CT molecular complexity index is 488. The summed E-state index contributed by atoms with van der Waals surface area (Å²) < 4.78 is 0. The summed E-state index contributed by atoms with van der Waals surface area (Å²) in [7, 11) is 0. The molecule has 4 nitrogen and oxygen atoms in total. The van der Waals surface area contributed by atoms with Crippen LogP contribution in [-0.4, -0.2) is 28.9 Å². The summed E-state index contributed by atoms with van der Waals surface area (Å²) >= 11 is 0. The SMILES string of the molecule is NCC1CCCCC1C(=O)N1CCc2ncccc2C1. The predicted octanol–water partition coefficient (Wildman–Crippen LogP) is 1.73. The second-order valence-corrected chi connectivity index (χ2v) is 6.01. The third-order valence-corrected chi connectivity index (χ3v) is 4.80. The molecule has 2 aliphatic rings. The second-order valence-electron chi connectivity index (χ2n) is 6.01. The second kappa shape index (κ2) is 5.92. The van der Waals surface area contributed by atoms with Gasteiger partial charge in [-0.05, 0) is 36.9 Å². The molecule has 1 aromatic heterocycles. The first-order chi connectivity index (χ1) is 9.79. The van der Waals surface area contributed by atoms with Crippen molar-refractivity contribution in [2.45, 2.75) is 38.6 Å². The van der Waals surface area contributed by atoms with Gasteiger partial charge in [-0.25, -0.2) is 0 Å². The molecule has 2 unspecified atom stereocenters. The first-order valence-corrected chi connectivity index (χ1v) is 7.71. The van der Waals surface area contributed by atoms with E-state index in [4.69, 9.17) is 5.73 Å². The molecule has 1 saturated carbocycles. The average molecular weight is 273 g/mol. The number of aromatic nitrogens is 1. The third kappa shape index (κ3) is 2.57. The van der Waals surface area contributed by atoms with E-state index in [1.807, 2.05) is 17.2 Å². The van der Waals surface area contributed by atoms with Gasteiger partial charge < -0.3 is 10.6 Å². The summed E-state index contributed by atoms with van der Waals surface area (Å²) in [6.07, 6.45) is 7.22. The summed E-state index contributed by atoms with van der Waals surface area (Å²) in [4.78, 5) is 19.2. The van der Waals surface area contributed by atoms with E-state index in [1.54, 1.807) is 0 Å². The minimum Gasteiger partial charge on any atom is -0.338 e. The van der Waals surface area contributed by atoms with Gasteiger partial charge in [-0.2, -0.15) is 0 Å². The van der Waals surface area contributed by atoms with Crippen molar-refractivity contribution in [3.05, 3.63) is 29.6 Å². The van der Waals surface area contributed by atoms with Crippen molar-refractivity contribution in [1.82, 2.24) is 9.88 Å². The summed E-state index contributed by atoms with van der Waals surface area (Å²) in [5, 5.41) is 0. The standard InChI is InChI=1S/C16H23N3O/c17-10-12-4-1-2-6-14(12)16(20)19-9-7-15-13(11-19)5-3-8-18-15/h3,5,8,12,14H,1-2,4,6-7,9-11,17H2. The fourth-order valence-electron chi connectivity index (χ4n) is 3.60. The molecule has 2 heterocycles. The van der Waals surface area contributed by atoms with E-state index in [-0.39, 0.29) is 5.92 Å². The van der Waals surface area contributed by atoms with Gasteiger partial charge in [0.2, 0.25) is 5.91 Å². The average Bonchev–Trinajstić information content (AvgIpc) is 2.53. The molecule has 20 heavy (non-hydrogen) atoms. The number of nitrogens with zero attached hydrogens (tertiary/aromatic N) is 2. The summed E-state index contributed by atoms with van der Waals surface area (Å²) in [6, 6.07) is 4.04. The highest BCUT2D eigenvalue weighted by Gasteiger charge is 2.34. The molecule has 0 spiro atoms. The lowest BCUT2D eigenvalue weighted by molar-refractivity contribution is -0.139. The molecule has 4 heteroatoms. The van der Waals surface area contributed by atoms with Crippen LogP contribution >= 0.6 is 0 Å². The van der Waals surface area contributed by atoms with Crippen molar-refractivity contribution < 1.29 is 4.79 Å². The highest BCUT2D eigenvalue weighted by Crippen LogP contribution is 2.32. The number of hydrogen-bond acceptors (Lipinski definition) is 3. The molecule has 0 aromatic carbocycles. The lowest BCUT2D eigenvalue weighted by atomic mass is 9.78. The fraction of sp³-hybridized carbons (Fsp3) is 0.625. The van der Waals surface area contributed by atoms with E-state index < -0.39 is 0 Å². The molecule has 0 radical (unpaired) electrons. The van der Waals surface area contributed by atoms with Gasteiger partial charge in [0.15, 0.2) is 0 Å². The third-order valence-electron chi connectivity index (χ3n) is 4.80. The zero-order chi connectivity index (χ0) is 13.9. The Morgan fingerprint density at radius 1 is 1.40 bits per heavy atom. The van der Waals surface area contributed by atoms with E-state index in [2.05, 4.69) is 11.1 Å². The Kier molecular flexibility index (Phi) is 4.01. The topological polar surface area (TPSA) is 59.2 Å².